The van der Waals surface area contributed by atoms with Crippen LogP contribution < -0.4 is 5.73 Å². The molecule has 3 heteroatoms. The highest BCUT2D eigenvalue weighted by Gasteiger charge is 2.17. The van der Waals surface area contributed by atoms with Crippen LogP contribution in [0.4, 0.5) is 0 Å². The topological polar surface area (TPSA) is 38.9 Å². The van der Waals surface area contributed by atoms with E-state index in [0.29, 0.717) is 11.8 Å². The summed E-state index contributed by atoms with van der Waals surface area (Å²) in [7, 11) is 0. The normalized spacial score (nSPS) is 14.0. The molecule has 2 nitrogen and oxygen atoms in total. The SMILES string of the molecule is CC(C)c1nc(C(C)C)c(C(C)N)s1. The van der Waals surface area contributed by atoms with E-state index >= 15 is 0 Å². The summed E-state index contributed by atoms with van der Waals surface area (Å²) in [6, 6.07) is 0.109. The van der Waals surface area contributed by atoms with Crippen molar-refractivity contribution >= 4 is 11.3 Å². The van der Waals surface area contributed by atoms with Crippen LogP contribution in [-0.4, -0.2) is 4.98 Å². The lowest BCUT2D eigenvalue weighted by Crippen LogP contribution is -2.06. The largest absolute Gasteiger partial charge is 0.323 e. The van der Waals surface area contributed by atoms with E-state index in [0.717, 1.165) is 0 Å². The number of thiazole rings is 1. The van der Waals surface area contributed by atoms with E-state index in [-0.39, 0.29) is 6.04 Å². The average Bonchev–Trinajstić information content (AvgIpc) is 2.47. The van der Waals surface area contributed by atoms with Crippen LogP contribution in [0, 0.1) is 0 Å². The first-order chi connectivity index (χ1) is 6.43. The van der Waals surface area contributed by atoms with Crippen molar-refractivity contribution in [3.63, 3.8) is 0 Å². The van der Waals surface area contributed by atoms with Gasteiger partial charge in [0.2, 0.25) is 0 Å². The molecule has 0 amide bonds. The van der Waals surface area contributed by atoms with E-state index in [2.05, 4.69) is 32.7 Å². The lowest BCUT2D eigenvalue weighted by Gasteiger charge is -2.07. The molecule has 1 heterocycles. The lowest BCUT2D eigenvalue weighted by molar-refractivity contribution is 0.750. The van der Waals surface area contributed by atoms with Gasteiger partial charge >= 0.3 is 0 Å². The van der Waals surface area contributed by atoms with Gasteiger partial charge < -0.3 is 5.73 Å². The molecule has 0 saturated heterocycles. The van der Waals surface area contributed by atoms with E-state index in [1.807, 2.05) is 6.92 Å². The van der Waals surface area contributed by atoms with Gasteiger partial charge in [-0.05, 0) is 12.8 Å². The maximum absolute atomic E-state index is 5.94. The van der Waals surface area contributed by atoms with Crippen LogP contribution in [0.25, 0.3) is 0 Å². The molecule has 1 aromatic heterocycles. The minimum atomic E-state index is 0.109. The molecule has 1 atom stereocenters. The summed E-state index contributed by atoms with van der Waals surface area (Å²) in [5.74, 6) is 0.977. The number of nitrogens with two attached hydrogens (primary N) is 1. The van der Waals surface area contributed by atoms with Crippen molar-refractivity contribution in [2.24, 2.45) is 5.73 Å². The van der Waals surface area contributed by atoms with Crippen molar-refractivity contribution in [2.45, 2.75) is 52.5 Å². The summed E-state index contributed by atoms with van der Waals surface area (Å²) in [5, 5.41) is 1.21. The summed E-state index contributed by atoms with van der Waals surface area (Å²) < 4.78 is 0. The second-order valence-corrected chi connectivity index (χ2v) is 5.46. The molecule has 0 saturated carbocycles. The molecule has 0 bridgehead atoms. The lowest BCUT2D eigenvalue weighted by atomic mass is 10.1. The molecule has 0 fully saturated rings. The van der Waals surface area contributed by atoms with Gasteiger partial charge in [-0.25, -0.2) is 4.98 Å². The molecular weight excluding hydrogens is 192 g/mol. The molecule has 0 aliphatic heterocycles. The zero-order valence-electron chi connectivity index (χ0n) is 9.66. The van der Waals surface area contributed by atoms with Crippen molar-refractivity contribution in [1.82, 2.24) is 4.98 Å². The van der Waals surface area contributed by atoms with Gasteiger partial charge in [-0.3, -0.25) is 0 Å². The number of rotatable bonds is 3. The summed E-state index contributed by atoms with van der Waals surface area (Å²) in [6.45, 7) is 10.7. The van der Waals surface area contributed by atoms with Crippen molar-refractivity contribution in [1.29, 1.82) is 0 Å². The minimum absolute atomic E-state index is 0.109. The highest BCUT2D eigenvalue weighted by Crippen LogP contribution is 2.32. The average molecular weight is 212 g/mol. The molecule has 80 valence electrons. The van der Waals surface area contributed by atoms with Crippen LogP contribution in [0.3, 0.4) is 0 Å². The maximum atomic E-state index is 5.94. The fraction of sp³-hybridized carbons (Fsp3) is 0.727. The zero-order chi connectivity index (χ0) is 10.9. The highest BCUT2D eigenvalue weighted by atomic mass is 32.1. The van der Waals surface area contributed by atoms with Crippen LogP contribution in [0.15, 0.2) is 0 Å². The van der Waals surface area contributed by atoms with Crippen molar-refractivity contribution in [2.75, 3.05) is 0 Å². The Kier molecular flexibility index (Phi) is 3.67. The third kappa shape index (κ3) is 2.34. The Morgan fingerprint density at radius 2 is 1.64 bits per heavy atom. The molecule has 1 unspecified atom stereocenters. The minimum Gasteiger partial charge on any atom is -0.323 e. The highest BCUT2D eigenvalue weighted by molar-refractivity contribution is 7.11. The smallest absolute Gasteiger partial charge is 0.0957 e. The zero-order valence-corrected chi connectivity index (χ0v) is 10.5. The van der Waals surface area contributed by atoms with Gasteiger partial charge in [0.1, 0.15) is 0 Å². The Balaban J connectivity index is 3.12. The third-order valence-electron chi connectivity index (χ3n) is 2.15. The van der Waals surface area contributed by atoms with Gasteiger partial charge in [0.15, 0.2) is 0 Å². The molecule has 14 heavy (non-hydrogen) atoms. The molecule has 0 radical (unpaired) electrons. The van der Waals surface area contributed by atoms with Gasteiger partial charge in [0.25, 0.3) is 0 Å². The summed E-state index contributed by atoms with van der Waals surface area (Å²) in [6.07, 6.45) is 0. The molecular formula is C11H20N2S. The predicted molar refractivity (Wildman–Crippen MR) is 62.9 cm³/mol. The third-order valence-corrected chi connectivity index (χ3v) is 3.72. The van der Waals surface area contributed by atoms with Crippen LogP contribution in [-0.2, 0) is 0 Å². The standard InChI is InChI=1S/C11H20N2S/c1-6(2)9-10(8(5)12)14-11(13-9)7(3)4/h6-8H,12H2,1-5H3. The number of hydrogen-bond acceptors (Lipinski definition) is 3. The number of nitrogens with zero attached hydrogens (tertiary/aromatic N) is 1. The first-order valence-electron chi connectivity index (χ1n) is 5.19. The summed E-state index contributed by atoms with van der Waals surface area (Å²) >= 11 is 1.77. The van der Waals surface area contributed by atoms with Crippen molar-refractivity contribution in [3.8, 4) is 0 Å². The van der Waals surface area contributed by atoms with E-state index in [4.69, 9.17) is 5.73 Å². The van der Waals surface area contributed by atoms with Crippen LogP contribution in [0.1, 0.15) is 68.1 Å². The van der Waals surface area contributed by atoms with Crippen LogP contribution in [0.2, 0.25) is 0 Å². The van der Waals surface area contributed by atoms with Gasteiger partial charge in [0.05, 0.1) is 10.7 Å². The van der Waals surface area contributed by atoms with Crippen molar-refractivity contribution in [3.05, 3.63) is 15.6 Å². The van der Waals surface area contributed by atoms with E-state index in [1.165, 1.54) is 15.6 Å². The van der Waals surface area contributed by atoms with Gasteiger partial charge in [-0.15, -0.1) is 11.3 Å². The monoisotopic (exact) mass is 212 g/mol. The number of hydrogen-bond donors (Lipinski definition) is 1. The van der Waals surface area contributed by atoms with E-state index < -0.39 is 0 Å². The molecule has 2 N–H and O–H groups in total. The molecule has 1 aromatic rings. The Hall–Kier alpha value is -0.410. The molecule has 0 spiro atoms. The Morgan fingerprint density at radius 1 is 1.07 bits per heavy atom. The number of aromatic nitrogens is 1. The molecule has 0 aromatic carbocycles. The van der Waals surface area contributed by atoms with Gasteiger partial charge in [-0.1, -0.05) is 27.7 Å². The Labute approximate surface area is 90.6 Å². The van der Waals surface area contributed by atoms with Gasteiger partial charge in [0, 0.05) is 16.8 Å². The van der Waals surface area contributed by atoms with Gasteiger partial charge in [-0.2, -0.15) is 0 Å². The van der Waals surface area contributed by atoms with Crippen molar-refractivity contribution < 1.29 is 0 Å². The Bertz CT molecular complexity index is 275. The predicted octanol–water partition coefficient (Wildman–Crippen LogP) is 3.41. The van der Waals surface area contributed by atoms with E-state index in [1.54, 1.807) is 11.3 Å². The fourth-order valence-electron chi connectivity index (χ4n) is 1.35. The molecule has 1 rings (SSSR count). The second-order valence-electron chi connectivity index (χ2n) is 4.40. The summed E-state index contributed by atoms with van der Waals surface area (Å²) in [4.78, 5) is 5.92. The van der Waals surface area contributed by atoms with E-state index in [9.17, 15) is 0 Å². The fourth-order valence-corrected chi connectivity index (χ4v) is 2.53. The first kappa shape index (κ1) is 11.7. The Morgan fingerprint density at radius 3 is 1.93 bits per heavy atom. The summed E-state index contributed by atoms with van der Waals surface area (Å²) in [5.41, 5.74) is 7.12. The first-order valence-corrected chi connectivity index (χ1v) is 6.01. The second kappa shape index (κ2) is 4.41. The van der Waals surface area contributed by atoms with Crippen LogP contribution >= 0.6 is 11.3 Å². The maximum Gasteiger partial charge on any atom is 0.0957 e. The molecule has 0 aliphatic carbocycles. The molecule has 0 aliphatic rings. The van der Waals surface area contributed by atoms with Crippen LogP contribution in [0.5, 0.6) is 0 Å². The quantitative estimate of drug-likeness (QED) is 0.834.